The van der Waals surface area contributed by atoms with Crippen molar-refractivity contribution in [3.63, 3.8) is 0 Å². The first-order chi connectivity index (χ1) is 15.5. The molecule has 0 saturated carbocycles. The first-order valence-corrected chi connectivity index (χ1v) is 11.1. The summed E-state index contributed by atoms with van der Waals surface area (Å²) in [5, 5.41) is 0. The highest BCUT2D eigenvalue weighted by molar-refractivity contribution is 5.27. The van der Waals surface area contributed by atoms with Crippen LogP contribution in [0.25, 0.3) is 0 Å². The van der Waals surface area contributed by atoms with Gasteiger partial charge in [0.1, 0.15) is 6.10 Å². The number of hydrogen-bond acceptors (Lipinski definition) is 4. The summed E-state index contributed by atoms with van der Waals surface area (Å²) in [7, 11) is 0. The largest absolute Gasteiger partial charge is 0.426 e. The van der Waals surface area contributed by atoms with Gasteiger partial charge in [0.25, 0.3) is 0 Å². The predicted octanol–water partition coefficient (Wildman–Crippen LogP) is 6.21. The van der Waals surface area contributed by atoms with Crippen molar-refractivity contribution >= 4 is 0 Å². The molecule has 0 bridgehead atoms. The zero-order chi connectivity index (χ0) is 24.5. The summed E-state index contributed by atoms with van der Waals surface area (Å²) in [6, 6.07) is 0. The Morgan fingerprint density at radius 3 is 2.18 bits per heavy atom. The SMILES string of the molecule is CCCCCCCCOC1COC(C2=CCC(OC(F)(F)C(F)(F)C(F)(F)CF)C=C2)OC1. The molecule has 1 saturated heterocycles. The Hall–Kier alpha value is -1.17. The van der Waals surface area contributed by atoms with E-state index >= 15 is 0 Å². The molecule has 0 spiro atoms. The number of alkyl halides is 7. The standard InChI is InChI=1S/C22H31F7O4/c1-2-3-4-5-6-7-12-30-18-13-31-19(32-14-18)16-8-10-17(11-9-16)33-22(28,29)21(26,27)20(24,25)15-23/h8-10,17-19H,2-7,11-15H2,1H3. The minimum atomic E-state index is -6.01. The van der Waals surface area contributed by atoms with Gasteiger partial charge in [-0.25, -0.2) is 4.39 Å². The lowest BCUT2D eigenvalue weighted by Gasteiger charge is -2.34. The van der Waals surface area contributed by atoms with E-state index in [1.165, 1.54) is 37.8 Å². The first-order valence-electron chi connectivity index (χ1n) is 11.1. The minimum absolute atomic E-state index is 0.237. The number of ether oxygens (including phenoxy) is 4. The summed E-state index contributed by atoms with van der Waals surface area (Å²) in [6.07, 6.45) is 1.98. The van der Waals surface area contributed by atoms with Crippen LogP contribution in [0.5, 0.6) is 0 Å². The van der Waals surface area contributed by atoms with Crippen molar-refractivity contribution < 1.29 is 49.7 Å². The molecule has 1 aliphatic heterocycles. The average molecular weight is 492 g/mol. The Morgan fingerprint density at radius 2 is 1.61 bits per heavy atom. The fourth-order valence-electron chi connectivity index (χ4n) is 3.35. The van der Waals surface area contributed by atoms with Crippen molar-refractivity contribution in [2.24, 2.45) is 0 Å². The van der Waals surface area contributed by atoms with Crippen molar-refractivity contribution in [2.75, 3.05) is 26.5 Å². The molecule has 0 aromatic carbocycles. The summed E-state index contributed by atoms with van der Waals surface area (Å²) in [4.78, 5) is 0. The first kappa shape index (κ1) is 28.1. The van der Waals surface area contributed by atoms with Crippen LogP contribution in [0.1, 0.15) is 51.9 Å². The Balaban J connectivity index is 1.73. The number of rotatable bonds is 14. The van der Waals surface area contributed by atoms with E-state index in [1.807, 2.05) is 0 Å². The van der Waals surface area contributed by atoms with Gasteiger partial charge in [0.15, 0.2) is 13.0 Å². The molecule has 192 valence electrons. The van der Waals surface area contributed by atoms with Crippen molar-refractivity contribution in [2.45, 2.75) is 88.3 Å². The van der Waals surface area contributed by atoms with Crippen molar-refractivity contribution in [1.29, 1.82) is 0 Å². The number of unbranched alkanes of at least 4 members (excludes halogenated alkanes) is 5. The van der Waals surface area contributed by atoms with Crippen LogP contribution in [-0.4, -0.2) is 62.9 Å². The van der Waals surface area contributed by atoms with Crippen LogP contribution in [0.4, 0.5) is 30.7 Å². The van der Waals surface area contributed by atoms with Gasteiger partial charge in [0, 0.05) is 12.2 Å². The lowest BCUT2D eigenvalue weighted by atomic mass is 10.0. The van der Waals surface area contributed by atoms with Crippen molar-refractivity contribution in [3.8, 4) is 0 Å². The molecule has 0 amide bonds. The molecule has 4 nitrogen and oxygen atoms in total. The van der Waals surface area contributed by atoms with Gasteiger partial charge in [-0.1, -0.05) is 57.3 Å². The minimum Gasteiger partial charge on any atom is -0.373 e. The molecule has 2 aliphatic rings. The van der Waals surface area contributed by atoms with Crippen molar-refractivity contribution in [3.05, 3.63) is 23.8 Å². The maximum absolute atomic E-state index is 13.6. The van der Waals surface area contributed by atoms with Gasteiger partial charge in [-0.3, -0.25) is 0 Å². The van der Waals surface area contributed by atoms with Gasteiger partial charge < -0.3 is 18.9 Å². The normalized spacial score (nSPS) is 24.7. The maximum Gasteiger partial charge on any atom is 0.426 e. The van der Waals surface area contributed by atoms with Crippen LogP contribution >= 0.6 is 0 Å². The molecule has 0 radical (unpaired) electrons. The molecular formula is C22H31F7O4. The monoisotopic (exact) mass is 492 g/mol. The molecule has 33 heavy (non-hydrogen) atoms. The highest BCUT2D eigenvalue weighted by atomic mass is 19.4. The molecule has 1 atom stereocenters. The molecular weight excluding hydrogens is 461 g/mol. The number of hydrogen-bond donors (Lipinski definition) is 0. The third-order valence-electron chi connectivity index (χ3n) is 5.37. The van der Waals surface area contributed by atoms with Gasteiger partial charge in [0.2, 0.25) is 0 Å². The molecule has 1 aliphatic carbocycles. The van der Waals surface area contributed by atoms with E-state index in [1.54, 1.807) is 0 Å². The summed E-state index contributed by atoms with van der Waals surface area (Å²) in [6.45, 7) is 0.327. The lowest BCUT2D eigenvalue weighted by Crippen LogP contribution is -2.57. The van der Waals surface area contributed by atoms with Crippen LogP contribution in [-0.2, 0) is 18.9 Å². The van der Waals surface area contributed by atoms with Crippen LogP contribution in [0.3, 0.4) is 0 Å². The van der Waals surface area contributed by atoms with E-state index in [2.05, 4.69) is 11.7 Å². The van der Waals surface area contributed by atoms with Gasteiger partial charge >= 0.3 is 18.0 Å². The van der Waals surface area contributed by atoms with E-state index in [-0.39, 0.29) is 25.7 Å². The van der Waals surface area contributed by atoms with Crippen LogP contribution in [0, 0.1) is 0 Å². The van der Waals surface area contributed by atoms with Gasteiger partial charge in [0.05, 0.1) is 19.3 Å². The van der Waals surface area contributed by atoms with E-state index in [9.17, 15) is 30.7 Å². The quantitative estimate of drug-likeness (QED) is 0.214. The second kappa shape index (κ2) is 12.5. The second-order valence-corrected chi connectivity index (χ2v) is 8.14. The van der Waals surface area contributed by atoms with Crippen LogP contribution in [0.15, 0.2) is 23.8 Å². The van der Waals surface area contributed by atoms with E-state index in [0.717, 1.165) is 18.9 Å². The molecule has 0 N–H and O–H groups in total. The molecule has 11 heteroatoms. The molecule has 0 aromatic rings. The summed E-state index contributed by atoms with van der Waals surface area (Å²) in [5.74, 6) is -11.6. The van der Waals surface area contributed by atoms with E-state index < -0.39 is 37.0 Å². The Morgan fingerprint density at radius 1 is 0.970 bits per heavy atom. The zero-order valence-electron chi connectivity index (χ0n) is 18.5. The van der Waals surface area contributed by atoms with Gasteiger partial charge in [-0.15, -0.1) is 0 Å². The van der Waals surface area contributed by atoms with Crippen LogP contribution in [0.2, 0.25) is 0 Å². The van der Waals surface area contributed by atoms with E-state index in [4.69, 9.17) is 14.2 Å². The zero-order valence-corrected chi connectivity index (χ0v) is 18.5. The molecule has 0 aromatic heterocycles. The van der Waals surface area contributed by atoms with E-state index in [0.29, 0.717) is 12.2 Å². The Kier molecular flexibility index (Phi) is 10.6. The molecule has 1 unspecified atom stereocenters. The highest BCUT2D eigenvalue weighted by Crippen LogP contribution is 2.47. The predicted molar refractivity (Wildman–Crippen MR) is 106 cm³/mol. The summed E-state index contributed by atoms with van der Waals surface area (Å²) < 4.78 is 113. The smallest absolute Gasteiger partial charge is 0.373 e. The summed E-state index contributed by atoms with van der Waals surface area (Å²) >= 11 is 0. The topological polar surface area (TPSA) is 36.9 Å². The van der Waals surface area contributed by atoms with Crippen LogP contribution < -0.4 is 0 Å². The van der Waals surface area contributed by atoms with Gasteiger partial charge in [-0.05, 0) is 12.8 Å². The third-order valence-corrected chi connectivity index (χ3v) is 5.37. The highest BCUT2D eigenvalue weighted by Gasteiger charge is 2.73. The third kappa shape index (κ3) is 7.66. The fourth-order valence-corrected chi connectivity index (χ4v) is 3.35. The molecule has 1 fully saturated rings. The number of halogens is 7. The molecule has 1 heterocycles. The second-order valence-electron chi connectivity index (χ2n) is 8.14. The van der Waals surface area contributed by atoms with Gasteiger partial charge in [-0.2, -0.15) is 26.3 Å². The Labute approximate surface area is 189 Å². The average Bonchev–Trinajstić information content (AvgIpc) is 2.79. The summed E-state index contributed by atoms with van der Waals surface area (Å²) in [5.41, 5.74) is 0.452. The Bertz CT molecular complexity index is 647. The van der Waals surface area contributed by atoms with Crippen molar-refractivity contribution in [1.82, 2.24) is 0 Å². The lowest BCUT2D eigenvalue weighted by molar-refractivity contribution is -0.405. The molecule has 2 rings (SSSR count). The fraction of sp³-hybridized carbons (Fsp3) is 0.818. The maximum atomic E-state index is 13.6.